The van der Waals surface area contributed by atoms with Gasteiger partial charge in [0.25, 0.3) is 0 Å². The molecule has 2 nitrogen and oxygen atoms in total. The molecule has 0 aromatic carbocycles. The lowest BCUT2D eigenvalue weighted by Gasteiger charge is -2.15. The summed E-state index contributed by atoms with van der Waals surface area (Å²) in [5.41, 5.74) is 1.11. The van der Waals surface area contributed by atoms with Crippen LogP contribution in [0.2, 0.25) is 9.36 Å². The van der Waals surface area contributed by atoms with Gasteiger partial charge in [0.15, 0.2) is 0 Å². The van der Waals surface area contributed by atoms with Gasteiger partial charge in [0.2, 0.25) is 0 Å². The number of rotatable bonds is 5. The van der Waals surface area contributed by atoms with Crippen LogP contribution in [0, 0.1) is 0 Å². The monoisotopic (exact) mass is 252 g/mol. The quantitative estimate of drug-likeness (QED) is 0.868. The number of hydrogen-bond acceptors (Lipinski definition) is 3. The molecule has 0 amide bonds. The minimum Gasteiger partial charge on any atom is -0.318 e. The van der Waals surface area contributed by atoms with Gasteiger partial charge in [-0.25, -0.2) is 0 Å². The van der Waals surface area contributed by atoms with Crippen molar-refractivity contribution < 1.29 is 0 Å². The molecule has 1 rings (SSSR count). The predicted molar refractivity (Wildman–Crippen MR) is 64.6 cm³/mol. The molecular formula is C9H14Cl2N2S. The van der Waals surface area contributed by atoms with Crippen LogP contribution >= 0.6 is 34.5 Å². The van der Waals surface area contributed by atoms with Crippen LogP contribution < -0.4 is 5.32 Å². The van der Waals surface area contributed by atoms with Crippen LogP contribution in [0.25, 0.3) is 0 Å². The third-order valence-electron chi connectivity index (χ3n) is 1.94. The van der Waals surface area contributed by atoms with Crippen LogP contribution in [0.3, 0.4) is 0 Å². The minimum atomic E-state index is 0.684. The van der Waals surface area contributed by atoms with Crippen molar-refractivity contribution in [1.82, 2.24) is 10.2 Å². The van der Waals surface area contributed by atoms with Gasteiger partial charge < -0.3 is 10.2 Å². The number of nitrogens with zero attached hydrogens (tertiary/aromatic N) is 1. The third kappa shape index (κ3) is 3.41. The van der Waals surface area contributed by atoms with Crippen molar-refractivity contribution in [2.24, 2.45) is 0 Å². The van der Waals surface area contributed by atoms with Gasteiger partial charge in [-0.3, -0.25) is 0 Å². The molecule has 0 aliphatic heterocycles. The summed E-state index contributed by atoms with van der Waals surface area (Å²) >= 11 is 13.4. The number of nitrogens with one attached hydrogen (secondary N) is 1. The van der Waals surface area contributed by atoms with E-state index in [-0.39, 0.29) is 0 Å². The number of halogens is 2. The van der Waals surface area contributed by atoms with Gasteiger partial charge in [-0.1, -0.05) is 23.2 Å². The maximum Gasteiger partial charge on any atom is 0.112 e. The first-order valence-electron chi connectivity index (χ1n) is 4.39. The molecule has 0 atom stereocenters. The van der Waals surface area contributed by atoms with Crippen LogP contribution in [0.15, 0.2) is 5.38 Å². The van der Waals surface area contributed by atoms with Crippen LogP contribution in [0.4, 0.5) is 0 Å². The Bertz CT molecular complexity index is 288. The summed E-state index contributed by atoms with van der Waals surface area (Å²) in [5.74, 6) is 0. The van der Waals surface area contributed by atoms with E-state index in [1.807, 2.05) is 12.4 Å². The standard InChI is InChI=1S/C9H14Cl2N2S/c1-12-3-4-13(2)5-7-6-14-9(11)8(7)10/h6,12H,3-5H2,1-2H3. The molecule has 0 spiro atoms. The Labute approximate surface area is 98.8 Å². The Morgan fingerprint density at radius 3 is 2.71 bits per heavy atom. The Morgan fingerprint density at radius 2 is 2.21 bits per heavy atom. The van der Waals surface area contributed by atoms with E-state index in [0.717, 1.165) is 25.2 Å². The summed E-state index contributed by atoms with van der Waals surface area (Å²) in [6, 6.07) is 0. The number of hydrogen-bond donors (Lipinski definition) is 1. The zero-order chi connectivity index (χ0) is 10.6. The summed E-state index contributed by atoms with van der Waals surface area (Å²) in [6.07, 6.45) is 0. The van der Waals surface area contributed by atoms with Crippen molar-refractivity contribution in [2.75, 3.05) is 27.2 Å². The second kappa shape index (κ2) is 5.93. The second-order valence-corrected chi connectivity index (χ2v) is 5.05. The molecule has 1 heterocycles. The Hall–Kier alpha value is 0.200. The third-order valence-corrected chi connectivity index (χ3v) is 3.85. The first-order chi connectivity index (χ1) is 6.65. The zero-order valence-electron chi connectivity index (χ0n) is 8.31. The number of thiophene rings is 1. The van der Waals surface area contributed by atoms with E-state index in [4.69, 9.17) is 23.2 Å². The molecule has 0 fully saturated rings. The van der Waals surface area contributed by atoms with Crippen LogP contribution in [0.1, 0.15) is 5.56 Å². The normalized spacial score (nSPS) is 11.2. The molecule has 80 valence electrons. The van der Waals surface area contributed by atoms with Crippen molar-refractivity contribution in [3.8, 4) is 0 Å². The van der Waals surface area contributed by atoms with E-state index in [9.17, 15) is 0 Å². The van der Waals surface area contributed by atoms with E-state index < -0.39 is 0 Å². The van der Waals surface area contributed by atoms with Crippen LogP contribution in [-0.4, -0.2) is 32.1 Å². The molecule has 0 aliphatic rings. The molecule has 1 aromatic heterocycles. The molecule has 1 N–H and O–H groups in total. The zero-order valence-corrected chi connectivity index (χ0v) is 10.6. The minimum absolute atomic E-state index is 0.684. The van der Waals surface area contributed by atoms with Crippen molar-refractivity contribution >= 4 is 34.5 Å². The SMILES string of the molecule is CNCCN(C)Cc1csc(Cl)c1Cl. The molecule has 14 heavy (non-hydrogen) atoms. The van der Waals surface area contributed by atoms with E-state index in [1.54, 1.807) is 0 Å². The topological polar surface area (TPSA) is 15.3 Å². The van der Waals surface area contributed by atoms with E-state index in [0.29, 0.717) is 9.36 Å². The fourth-order valence-electron chi connectivity index (χ4n) is 1.13. The van der Waals surface area contributed by atoms with Crippen molar-refractivity contribution in [1.29, 1.82) is 0 Å². The highest BCUT2D eigenvalue weighted by Gasteiger charge is 2.09. The largest absolute Gasteiger partial charge is 0.318 e. The van der Waals surface area contributed by atoms with Gasteiger partial charge in [-0.15, -0.1) is 11.3 Å². The maximum atomic E-state index is 6.02. The lowest BCUT2D eigenvalue weighted by atomic mass is 10.3. The molecule has 0 aliphatic carbocycles. The van der Waals surface area contributed by atoms with Gasteiger partial charge in [0.05, 0.1) is 5.02 Å². The lowest BCUT2D eigenvalue weighted by molar-refractivity contribution is 0.328. The fraction of sp³-hybridized carbons (Fsp3) is 0.556. The Balaban J connectivity index is 2.47. The van der Waals surface area contributed by atoms with Gasteiger partial charge in [-0.05, 0) is 25.0 Å². The van der Waals surface area contributed by atoms with Crippen LogP contribution in [-0.2, 0) is 6.54 Å². The van der Waals surface area contributed by atoms with E-state index >= 15 is 0 Å². The summed E-state index contributed by atoms with van der Waals surface area (Å²) in [6.45, 7) is 2.83. The van der Waals surface area contributed by atoms with Gasteiger partial charge in [0.1, 0.15) is 4.34 Å². The number of likely N-dealkylation sites (N-methyl/N-ethyl adjacent to an activating group) is 2. The average molecular weight is 253 g/mol. The van der Waals surface area contributed by atoms with E-state index in [2.05, 4.69) is 17.3 Å². The summed E-state index contributed by atoms with van der Waals surface area (Å²) in [7, 11) is 4.02. The first-order valence-corrected chi connectivity index (χ1v) is 6.03. The van der Waals surface area contributed by atoms with E-state index in [1.165, 1.54) is 11.3 Å². The second-order valence-electron chi connectivity index (χ2n) is 3.19. The summed E-state index contributed by atoms with van der Waals surface area (Å²) in [4.78, 5) is 2.21. The van der Waals surface area contributed by atoms with Gasteiger partial charge >= 0.3 is 0 Å². The molecule has 0 unspecified atom stereocenters. The van der Waals surface area contributed by atoms with Gasteiger partial charge in [0, 0.05) is 19.6 Å². The Kier molecular flexibility index (Phi) is 5.20. The van der Waals surface area contributed by atoms with Crippen molar-refractivity contribution in [2.45, 2.75) is 6.54 Å². The molecule has 0 saturated carbocycles. The van der Waals surface area contributed by atoms with Gasteiger partial charge in [-0.2, -0.15) is 0 Å². The molecule has 1 aromatic rings. The highest BCUT2D eigenvalue weighted by molar-refractivity contribution is 7.15. The van der Waals surface area contributed by atoms with Crippen molar-refractivity contribution in [3.05, 3.63) is 20.3 Å². The maximum absolute atomic E-state index is 6.02. The molecule has 0 bridgehead atoms. The highest BCUT2D eigenvalue weighted by Crippen LogP contribution is 2.32. The summed E-state index contributed by atoms with van der Waals surface area (Å²) < 4.78 is 0.684. The Morgan fingerprint density at radius 1 is 1.50 bits per heavy atom. The molecular weight excluding hydrogens is 239 g/mol. The smallest absolute Gasteiger partial charge is 0.112 e. The van der Waals surface area contributed by atoms with Crippen molar-refractivity contribution in [3.63, 3.8) is 0 Å². The molecule has 5 heteroatoms. The predicted octanol–water partition coefficient (Wildman–Crippen LogP) is 2.71. The lowest BCUT2D eigenvalue weighted by Crippen LogP contribution is -2.26. The average Bonchev–Trinajstić information content (AvgIpc) is 2.46. The van der Waals surface area contributed by atoms with Crippen LogP contribution in [0.5, 0.6) is 0 Å². The highest BCUT2D eigenvalue weighted by atomic mass is 35.5. The molecule has 0 saturated heterocycles. The molecule has 0 radical (unpaired) electrons. The fourth-order valence-corrected chi connectivity index (χ4v) is 2.37. The first kappa shape index (κ1) is 12.3. The summed E-state index contributed by atoms with van der Waals surface area (Å²) in [5, 5.41) is 5.82.